The lowest BCUT2D eigenvalue weighted by atomic mass is 9.80. The maximum Gasteiger partial charge on any atom is 0.166 e. The predicted octanol–water partition coefficient (Wildman–Crippen LogP) is 4.08. The largest absolute Gasteiger partial charge is 0.486 e. The molecular weight excluding hydrogens is 262 g/mol. The molecule has 3 heteroatoms. The topological polar surface area (TPSA) is 30.5 Å². The molecule has 1 aromatic rings. The van der Waals surface area contributed by atoms with E-state index in [1.807, 2.05) is 6.07 Å². The number of rotatable bonds is 5. The van der Waals surface area contributed by atoms with Crippen LogP contribution >= 0.6 is 0 Å². The smallest absolute Gasteiger partial charge is 0.166 e. The lowest BCUT2D eigenvalue weighted by molar-refractivity contribution is 0.165. The van der Waals surface area contributed by atoms with Gasteiger partial charge in [0.25, 0.3) is 0 Å². The van der Waals surface area contributed by atoms with Crippen LogP contribution in [0.1, 0.15) is 57.1 Å². The van der Waals surface area contributed by atoms with E-state index in [2.05, 4.69) is 24.4 Å². The summed E-state index contributed by atoms with van der Waals surface area (Å²) in [6.07, 6.45) is 7.93. The summed E-state index contributed by atoms with van der Waals surface area (Å²) in [6.45, 7) is 4.61. The Morgan fingerprint density at radius 1 is 1.14 bits per heavy atom. The van der Waals surface area contributed by atoms with Crippen LogP contribution in [-0.2, 0) is 0 Å². The van der Waals surface area contributed by atoms with Gasteiger partial charge >= 0.3 is 0 Å². The Morgan fingerprint density at radius 3 is 2.76 bits per heavy atom. The summed E-state index contributed by atoms with van der Waals surface area (Å²) in [5, 5.41) is 3.77. The second kappa shape index (κ2) is 7.17. The fraction of sp³-hybridized carbons (Fsp3) is 0.667. The Kier molecular flexibility index (Phi) is 5.02. The van der Waals surface area contributed by atoms with Crippen LogP contribution in [0, 0.1) is 5.92 Å². The number of nitrogens with one attached hydrogen (secondary N) is 1. The lowest BCUT2D eigenvalue weighted by Crippen LogP contribution is -2.31. The van der Waals surface area contributed by atoms with Crippen LogP contribution in [0.25, 0.3) is 0 Å². The normalized spacial score (nSPS) is 20.2. The highest BCUT2D eigenvalue weighted by molar-refractivity contribution is 5.49. The number of hydrogen-bond donors (Lipinski definition) is 1. The molecule has 1 aliphatic carbocycles. The van der Waals surface area contributed by atoms with E-state index in [1.165, 1.54) is 37.7 Å². The summed E-state index contributed by atoms with van der Waals surface area (Å²) in [7, 11) is 0. The van der Waals surface area contributed by atoms with Crippen molar-refractivity contribution in [3.8, 4) is 11.5 Å². The van der Waals surface area contributed by atoms with Crippen molar-refractivity contribution in [1.82, 2.24) is 5.32 Å². The average molecular weight is 289 g/mol. The first-order valence-electron chi connectivity index (χ1n) is 8.52. The van der Waals surface area contributed by atoms with Gasteiger partial charge in [0.2, 0.25) is 0 Å². The molecule has 1 atom stereocenters. The average Bonchev–Trinajstić information content (AvgIpc) is 2.56. The van der Waals surface area contributed by atoms with Crippen molar-refractivity contribution in [3.63, 3.8) is 0 Å². The summed E-state index contributed by atoms with van der Waals surface area (Å²) >= 11 is 0. The molecular formula is C18H27NO2. The summed E-state index contributed by atoms with van der Waals surface area (Å²) < 4.78 is 11.7. The zero-order chi connectivity index (χ0) is 14.5. The van der Waals surface area contributed by atoms with Crippen LogP contribution in [0.5, 0.6) is 11.5 Å². The first kappa shape index (κ1) is 14.7. The first-order valence-corrected chi connectivity index (χ1v) is 8.52. The quantitative estimate of drug-likeness (QED) is 0.886. The van der Waals surface area contributed by atoms with Gasteiger partial charge in [-0.1, -0.05) is 38.3 Å². The minimum absolute atomic E-state index is 0.405. The van der Waals surface area contributed by atoms with Gasteiger partial charge in [0.05, 0.1) is 0 Å². The van der Waals surface area contributed by atoms with Gasteiger partial charge in [-0.05, 0) is 37.8 Å². The predicted molar refractivity (Wildman–Crippen MR) is 85.0 cm³/mol. The van der Waals surface area contributed by atoms with Gasteiger partial charge < -0.3 is 14.8 Å². The standard InChI is InChI=1S/C18H27NO2/c1-2-11-19-17(14-7-4-3-5-8-14)15-9-6-10-16-18(15)21-13-12-20-16/h6,9-10,14,17,19H,2-5,7-8,11-13H2,1H3. The zero-order valence-corrected chi connectivity index (χ0v) is 13.1. The number of ether oxygens (including phenoxy) is 2. The molecule has 2 aliphatic rings. The third-order valence-electron chi connectivity index (χ3n) is 4.67. The molecule has 3 rings (SSSR count). The van der Waals surface area contributed by atoms with Crippen molar-refractivity contribution in [1.29, 1.82) is 0 Å². The highest BCUT2D eigenvalue weighted by Gasteiger charge is 2.29. The third kappa shape index (κ3) is 3.34. The second-order valence-corrected chi connectivity index (χ2v) is 6.20. The van der Waals surface area contributed by atoms with Crippen LogP contribution in [0.15, 0.2) is 18.2 Å². The zero-order valence-electron chi connectivity index (χ0n) is 13.1. The van der Waals surface area contributed by atoms with Crippen LogP contribution in [0.4, 0.5) is 0 Å². The highest BCUT2D eigenvalue weighted by Crippen LogP contribution is 2.42. The molecule has 0 aromatic heterocycles. The SMILES string of the molecule is CCCNC(c1cccc2c1OCCO2)C1CCCCC1. The van der Waals surface area contributed by atoms with Gasteiger partial charge in [0.15, 0.2) is 11.5 Å². The van der Waals surface area contributed by atoms with E-state index in [9.17, 15) is 0 Å². The first-order chi connectivity index (χ1) is 10.4. The molecule has 1 heterocycles. The molecule has 1 N–H and O–H groups in total. The molecule has 1 aromatic carbocycles. The summed E-state index contributed by atoms with van der Waals surface area (Å²) in [6, 6.07) is 6.75. The molecule has 1 aliphatic heterocycles. The molecule has 1 fully saturated rings. The molecule has 0 saturated heterocycles. The van der Waals surface area contributed by atoms with Crippen molar-refractivity contribution in [2.75, 3.05) is 19.8 Å². The number of benzene rings is 1. The van der Waals surface area contributed by atoms with Crippen LogP contribution in [0.3, 0.4) is 0 Å². The minimum atomic E-state index is 0.405. The second-order valence-electron chi connectivity index (χ2n) is 6.20. The Morgan fingerprint density at radius 2 is 1.95 bits per heavy atom. The third-order valence-corrected chi connectivity index (χ3v) is 4.67. The fourth-order valence-electron chi connectivity index (χ4n) is 3.64. The van der Waals surface area contributed by atoms with Crippen molar-refractivity contribution in [2.45, 2.75) is 51.5 Å². The van der Waals surface area contributed by atoms with E-state index >= 15 is 0 Å². The Hall–Kier alpha value is -1.22. The number of para-hydroxylation sites is 1. The molecule has 0 radical (unpaired) electrons. The fourth-order valence-corrected chi connectivity index (χ4v) is 3.64. The van der Waals surface area contributed by atoms with Gasteiger partial charge in [-0.15, -0.1) is 0 Å². The summed E-state index contributed by atoms with van der Waals surface area (Å²) in [5.41, 5.74) is 1.30. The highest BCUT2D eigenvalue weighted by atomic mass is 16.6. The Balaban J connectivity index is 1.87. The lowest BCUT2D eigenvalue weighted by Gasteiger charge is -2.33. The summed E-state index contributed by atoms with van der Waals surface area (Å²) in [5.74, 6) is 2.61. The van der Waals surface area contributed by atoms with Crippen LogP contribution in [0.2, 0.25) is 0 Å². The van der Waals surface area contributed by atoms with Gasteiger partial charge in [-0.25, -0.2) is 0 Å². The molecule has 21 heavy (non-hydrogen) atoms. The Bertz CT molecular complexity index is 455. The minimum Gasteiger partial charge on any atom is -0.486 e. The monoisotopic (exact) mass is 289 g/mol. The van der Waals surface area contributed by atoms with Crippen molar-refractivity contribution < 1.29 is 9.47 Å². The van der Waals surface area contributed by atoms with E-state index < -0.39 is 0 Å². The van der Waals surface area contributed by atoms with Crippen LogP contribution < -0.4 is 14.8 Å². The van der Waals surface area contributed by atoms with E-state index in [1.54, 1.807) is 0 Å². The Labute approximate surface area is 128 Å². The maximum absolute atomic E-state index is 5.94. The van der Waals surface area contributed by atoms with Gasteiger partial charge in [-0.2, -0.15) is 0 Å². The van der Waals surface area contributed by atoms with Crippen molar-refractivity contribution in [3.05, 3.63) is 23.8 Å². The maximum atomic E-state index is 5.94. The van der Waals surface area contributed by atoms with Gasteiger partial charge in [0, 0.05) is 11.6 Å². The molecule has 1 unspecified atom stereocenters. The van der Waals surface area contributed by atoms with Crippen molar-refractivity contribution in [2.24, 2.45) is 5.92 Å². The molecule has 1 saturated carbocycles. The molecule has 116 valence electrons. The van der Waals surface area contributed by atoms with Gasteiger partial charge in [-0.3, -0.25) is 0 Å². The van der Waals surface area contributed by atoms with Crippen molar-refractivity contribution >= 4 is 0 Å². The number of fused-ring (bicyclic) bond motifs is 1. The van der Waals surface area contributed by atoms with E-state index in [4.69, 9.17) is 9.47 Å². The van der Waals surface area contributed by atoms with Gasteiger partial charge in [0.1, 0.15) is 13.2 Å². The molecule has 0 amide bonds. The van der Waals surface area contributed by atoms with E-state index in [0.29, 0.717) is 19.3 Å². The van der Waals surface area contributed by atoms with Crippen LogP contribution in [-0.4, -0.2) is 19.8 Å². The molecule has 0 bridgehead atoms. The van der Waals surface area contributed by atoms with E-state index in [-0.39, 0.29) is 0 Å². The van der Waals surface area contributed by atoms with E-state index in [0.717, 1.165) is 30.4 Å². The molecule has 3 nitrogen and oxygen atoms in total. The summed E-state index contributed by atoms with van der Waals surface area (Å²) in [4.78, 5) is 0. The molecule has 0 spiro atoms. The number of hydrogen-bond acceptors (Lipinski definition) is 3.